The molecule has 5 heteroatoms. The Hall–Kier alpha value is -1.39. The van der Waals surface area contributed by atoms with Gasteiger partial charge < -0.3 is 10.4 Å². The zero-order valence-corrected chi connectivity index (χ0v) is 13.1. The Kier molecular flexibility index (Phi) is 8.11. The molecule has 0 spiro atoms. The van der Waals surface area contributed by atoms with Crippen LogP contribution in [0.4, 0.5) is 0 Å². The van der Waals surface area contributed by atoms with Crippen molar-refractivity contribution >= 4 is 17.7 Å². The number of carboxylic acid groups (broad SMARTS) is 1. The minimum absolute atomic E-state index is 0.0000973. The number of carbonyl (C=O) groups excluding carboxylic acids is 2. The van der Waals surface area contributed by atoms with E-state index in [2.05, 4.69) is 5.32 Å². The molecule has 0 aliphatic heterocycles. The highest BCUT2D eigenvalue weighted by molar-refractivity contribution is 5.91. The largest absolute Gasteiger partial charge is 0.481 e. The maximum absolute atomic E-state index is 12.3. The van der Waals surface area contributed by atoms with E-state index in [-0.39, 0.29) is 29.9 Å². The Balaban J connectivity index is 4.86. The van der Waals surface area contributed by atoms with E-state index >= 15 is 0 Å². The molecule has 0 saturated carbocycles. The average molecular weight is 285 g/mol. The summed E-state index contributed by atoms with van der Waals surface area (Å²) in [4.78, 5) is 34.7. The molecule has 3 atom stereocenters. The van der Waals surface area contributed by atoms with Crippen molar-refractivity contribution in [2.24, 2.45) is 17.8 Å². The van der Waals surface area contributed by atoms with Gasteiger partial charge in [0.25, 0.3) is 0 Å². The number of aliphatic carboxylic acids is 1. The summed E-state index contributed by atoms with van der Waals surface area (Å²) in [5.74, 6) is -1.87. The van der Waals surface area contributed by atoms with Gasteiger partial charge in [-0.15, -0.1) is 0 Å². The van der Waals surface area contributed by atoms with Crippen molar-refractivity contribution in [3.8, 4) is 0 Å². The third kappa shape index (κ3) is 6.68. The molecule has 0 rings (SSSR count). The number of nitrogens with one attached hydrogen (secondary N) is 1. The van der Waals surface area contributed by atoms with Gasteiger partial charge in [0.15, 0.2) is 5.78 Å². The van der Waals surface area contributed by atoms with Crippen LogP contribution in [-0.4, -0.2) is 28.8 Å². The summed E-state index contributed by atoms with van der Waals surface area (Å²) in [7, 11) is 0. The lowest BCUT2D eigenvalue weighted by Crippen LogP contribution is -2.45. The third-order valence-corrected chi connectivity index (χ3v) is 3.47. The normalized spacial score (nSPS) is 15.5. The van der Waals surface area contributed by atoms with Crippen molar-refractivity contribution in [3.63, 3.8) is 0 Å². The molecule has 0 unspecified atom stereocenters. The van der Waals surface area contributed by atoms with E-state index in [0.29, 0.717) is 6.42 Å². The van der Waals surface area contributed by atoms with Crippen LogP contribution >= 0.6 is 0 Å². The predicted molar refractivity (Wildman–Crippen MR) is 77.3 cm³/mol. The van der Waals surface area contributed by atoms with Crippen LogP contribution in [0, 0.1) is 17.8 Å². The standard InChI is InChI=1S/C15H27NO4/c1-6-10(4)14(16-11(5)17)13(18)8-12(15(19)20)7-9(2)3/h9-10,12,14H,6-8H2,1-5H3,(H,16,17)(H,19,20)/t10-,12+,14-/m0/s1. The molecule has 0 saturated heterocycles. The van der Waals surface area contributed by atoms with E-state index in [1.165, 1.54) is 6.92 Å². The number of carboxylic acids is 1. The van der Waals surface area contributed by atoms with Gasteiger partial charge >= 0.3 is 5.97 Å². The monoisotopic (exact) mass is 285 g/mol. The molecule has 20 heavy (non-hydrogen) atoms. The quantitative estimate of drug-likeness (QED) is 0.680. The van der Waals surface area contributed by atoms with Crippen LogP contribution in [0.5, 0.6) is 0 Å². The minimum Gasteiger partial charge on any atom is -0.481 e. The molecular weight excluding hydrogens is 258 g/mol. The second-order valence-electron chi connectivity index (χ2n) is 5.90. The zero-order valence-electron chi connectivity index (χ0n) is 13.1. The van der Waals surface area contributed by atoms with Crippen molar-refractivity contribution in [1.29, 1.82) is 0 Å². The molecule has 0 aromatic carbocycles. The predicted octanol–water partition coefficient (Wildman–Crippen LogP) is 2.24. The van der Waals surface area contributed by atoms with Crippen molar-refractivity contribution in [3.05, 3.63) is 0 Å². The van der Waals surface area contributed by atoms with Crippen molar-refractivity contribution in [2.45, 2.75) is 59.9 Å². The maximum Gasteiger partial charge on any atom is 0.306 e. The van der Waals surface area contributed by atoms with Gasteiger partial charge in [0.2, 0.25) is 5.91 Å². The van der Waals surface area contributed by atoms with Crippen LogP contribution in [0.3, 0.4) is 0 Å². The Morgan fingerprint density at radius 2 is 1.70 bits per heavy atom. The van der Waals surface area contributed by atoms with E-state index in [1.54, 1.807) is 0 Å². The number of hydrogen-bond acceptors (Lipinski definition) is 3. The molecule has 0 heterocycles. The highest BCUT2D eigenvalue weighted by Gasteiger charge is 2.29. The molecule has 0 aliphatic rings. The van der Waals surface area contributed by atoms with E-state index < -0.39 is 17.9 Å². The molecule has 1 amide bonds. The molecule has 0 aliphatic carbocycles. The highest BCUT2D eigenvalue weighted by Crippen LogP contribution is 2.19. The van der Waals surface area contributed by atoms with Gasteiger partial charge in [0, 0.05) is 13.3 Å². The van der Waals surface area contributed by atoms with Crippen molar-refractivity contribution in [1.82, 2.24) is 5.32 Å². The van der Waals surface area contributed by atoms with Crippen LogP contribution in [0.25, 0.3) is 0 Å². The van der Waals surface area contributed by atoms with Gasteiger partial charge in [0.1, 0.15) is 0 Å². The summed E-state index contributed by atoms with van der Waals surface area (Å²) in [6, 6.07) is -0.591. The van der Waals surface area contributed by atoms with Crippen LogP contribution in [0.1, 0.15) is 53.9 Å². The first-order valence-corrected chi connectivity index (χ1v) is 7.21. The second-order valence-corrected chi connectivity index (χ2v) is 5.90. The molecule has 0 bridgehead atoms. The van der Waals surface area contributed by atoms with Gasteiger partial charge in [-0.3, -0.25) is 14.4 Å². The molecule has 116 valence electrons. The Labute approximate surface area is 121 Å². The fraction of sp³-hybridized carbons (Fsp3) is 0.800. The number of amides is 1. The Morgan fingerprint density at radius 3 is 2.05 bits per heavy atom. The van der Waals surface area contributed by atoms with E-state index in [4.69, 9.17) is 0 Å². The number of rotatable bonds is 9. The lowest BCUT2D eigenvalue weighted by atomic mass is 9.86. The van der Waals surface area contributed by atoms with Crippen LogP contribution in [0.15, 0.2) is 0 Å². The summed E-state index contributed by atoms with van der Waals surface area (Å²) in [5.41, 5.74) is 0. The lowest BCUT2D eigenvalue weighted by Gasteiger charge is -2.24. The van der Waals surface area contributed by atoms with Crippen LogP contribution < -0.4 is 5.32 Å². The summed E-state index contributed by atoms with van der Waals surface area (Å²) in [6.45, 7) is 9.05. The molecular formula is C15H27NO4. The van der Waals surface area contributed by atoms with E-state index in [1.807, 2.05) is 27.7 Å². The first-order valence-electron chi connectivity index (χ1n) is 7.21. The number of Topliss-reactive ketones (excluding diaryl/α,β-unsaturated/α-hetero) is 1. The molecule has 0 aromatic heterocycles. The van der Waals surface area contributed by atoms with Gasteiger partial charge in [-0.25, -0.2) is 0 Å². The third-order valence-electron chi connectivity index (χ3n) is 3.47. The van der Waals surface area contributed by atoms with E-state index in [0.717, 1.165) is 6.42 Å². The first-order chi connectivity index (χ1) is 9.18. The molecule has 5 nitrogen and oxygen atoms in total. The van der Waals surface area contributed by atoms with Crippen molar-refractivity contribution in [2.75, 3.05) is 0 Å². The highest BCUT2D eigenvalue weighted by atomic mass is 16.4. The molecule has 0 radical (unpaired) electrons. The van der Waals surface area contributed by atoms with Gasteiger partial charge in [-0.05, 0) is 18.3 Å². The van der Waals surface area contributed by atoms with Gasteiger partial charge in [-0.1, -0.05) is 34.1 Å². The number of carbonyl (C=O) groups is 3. The van der Waals surface area contributed by atoms with Gasteiger partial charge in [0.05, 0.1) is 12.0 Å². The van der Waals surface area contributed by atoms with Crippen molar-refractivity contribution < 1.29 is 19.5 Å². The topological polar surface area (TPSA) is 83.5 Å². The molecule has 0 fully saturated rings. The lowest BCUT2D eigenvalue weighted by molar-refractivity contribution is -0.144. The fourth-order valence-electron chi connectivity index (χ4n) is 2.21. The second kappa shape index (κ2) is 8.72. The first kappa shape index (κ1) is 18.6. The Bertz CT molecular complexity index is 352. The zero-order chi connectivity index (χ0) is 15.9. The number of hydrogen-bond donors (Lipinski definition) is 2. The Morgan fingerprint density at radius 1 is 1.15 bits per heavy atom. The fourth-order valence-corrected chi connectivity index (χ4v) is 2.21. The van der Waals surface area contributed by atoms with Crippen LogP contribution in [0.2, 0.25) is 0 Å². The summed E-state index contributed by atoms with van der Waals surface area (Å²) in [5, 5.41) is 11.8. The summed E-state index contributed by atoms with van der Waals surface area (Å²) < 4.78 is 0. The summed E-state index contributed by atoms with van der Waals surface area (Å²) >= 11 is 0. The van der Waals surface area contributed by atoms with Gasteiger partial charge in [-0.2, -0.15) is 0 Å². The smallest absolute Gasteiger partial charge is 0.306 e. The molecule has 0 aromatic rings. The van der Waals surface area contributed by atoms with E-state index in [9.17, 15) is 19.5 Å². The minimum atomic E-state index is -0.947. The average Bonchev–Trinajstić information content (AvgIpc) is 2.33. The summed E-state index contributed by atoms with van der Waals surface area (Å²) in [6.07, 6.45) is 1.19. The SMILES string of the molecule is CC[C@H](C)[C@H](NC(C)=O)C(=O)C[C@@H](CC(C)C)C(=O)O. The van der Waals surface area contributed by atoms with Crippen LogP contribution in [-0.2, 0) is 14.4 Å². The molecule has 2 N–H and O–H groups in total. The maximum atomic E-state index is 12.3. The number of ketones is 1.